The smallest absolute Gasteiger partial charge is 0.0247 e. The first-order chi connectivity index (χ1) is 9.70. The number of hydrogen-bond acceptors (Lipinski definition) is 2. The third-order valence-corrected chi connectivity index (χ3v) is 5.32. The molecular weight excluding hydrogens is 244 g/mol. The predicted octanol–water partition coefficient (Wildman–Crippen LogP) is 4.72. The number of likely N-dealkylation sites (N-methyl/N-ethyl adjacent to an activating group) is 1. The monoisotopic (exact) mass is 282 g/mol. The predicted molar refractivity (Wildman–Crippen MR) is 90.1 cm³/mol. The van der Waals surface area contributed by atoms with Crippen molar-refractivity contribution in [3.8, 4) is 0 Å². The van der Waals surface area contributed by atoms with E-state index in [-0.39, 0.29) is 0 Å². The molecule has 0 amide bonds. The van der Waals surface area contributed by atoms with E-state index in [1.54, 1.807) is 0 Å². The molecule has 2 nitrogen and oxygen atoms in total. The number of rotatable bonds is 4. The Balaban J connectivity index is 2.59. The van der Waals surface area contributed by atoms with Gasteiger partial charge in [-0.3, -0.25) is 4.90 Å². The van der Waals surface area contributed by atoms with E-state index in [0.717, 1.165) is 0 Å². The van der Waals surface area contributed by atoms with Gasteiger partial charge in [-0.1, -0.05) is 65.2 Å². The van der Waals surface area contributed by atoms with E-state index in [9.17, 15) is 0 Å². The van der Waals surface area contributed by atoms with Crippen molar-refractivity contribution < 1.29 is 0 Å². The van der Waals surface area contributed by atoms with Crippen molar-refractivity contribution in [1.29, 1.82) is 0 Å². The largest absolute Gasteiger partial charge is 0.326 e. The van der Waals surface area contributed by atoms with Crippen LogP contribution in [0.2, 0.25) is 0 Å². The molecule has 20 heavy (non-hydrogen) atoms. The molecule has 0 heterocycles. The molecule has 2 N–H and O–H groups in total. The number of nitrogens with zero attached hydrogens (tertiary/aromatic N) is 1. The Bertz CT molecular complexity index is 225. The molecule has 0 aliphatic heterocycles. The van der Waals surface area contributed by atoms with Crippen LogP contribution in [0.1, 0.15) is 90.9 Å². The lowest BCUT2D eigenvalue weighted by atomic mass is 9.92. The van der Waals surface area contributed by atoms with Crippen LogP contribution >= 0.6 is 0 Å². The van der Waals surface area contributed by atoms with Crippen LogP contribution < -0.4 is 5.73 Å². The number of nitrogens with two attached hydrogens (primary N) is 1. The van der Waals surface area contributed by atoms with Crippen molar-refractivity contribution >= 4 is 0 Å². The van der Waals surface area contributed by atoms with Gasteiger partial charge in [-0.25, -0.2) is 0 Å². The van der Waals surface area contributed by atoms with Gasteiger partial charge in [-0.15, -0.1) is 0 Å². The molecule has 0 aromatic carbocycles. The van der Waals surface area contributed by atoms with E-state index in [1.807, 2.05) is 0 Å². The average Bonchev–Trinajstić information content (AvgIpc) is 2.44. The molecule has 0 aromatic heterocycles. The molecule has 0 radical (unpaired) electrons. The number of hydrogen-bond donors (Lipinski definition) is 1. The van der Waals surface area contributed by atoms with E-state index in [2.05, 4.69) is 25.8 Å². The summed E-state index contributed by atoms with van der Waals surface area (Å²) in [6.45, 7) is 4.62. The molecule has 1 saturated carbocycles. The standard InChI is InChI=1S/C18H38N2/c1-4-16(5-2)20(3)18-15-13-11-9-7-6-8-10-12-14-17(18)19/h16-18H,4-15,19H2,1-3H3. The second kappa shape index (κ2) is 10.6. The van der Waals surface area contributed by atoms with Gasteiger partial charge in [0.15, 0.2) is 0 Å². The van der Waals surface area contributed by atoms with Gasteiger partial charge in [-0.2, -0.15) is 0 Å². The topological polar surface area (TPSA) is 29.3 Å². The van der Waals surface area contributed by atoms with Gasteiger partial charge in [0.05, 0.1) is 0 Å². The first-order valence-electron chi connectivity index (χ1n) is 9.18. The fourth-order valence-electron chi connectivity index (χ4n) is 3.84. The molecule has 0 spiro atoms. The van der Waals surface area contributed by atoms with E-state index in [4.69, 9.17) is 5.73 Å². The summed E-state index contributed by atoms with van der Waals surface area (Å²) in [6, 6.07) is 1.68. The normalized spacial score (nSPS) is 27.3. The molecular formula is C18H38N2. The molecule has 1 aliphatic carbocycles. The van der Waals surface area contributed by atoms with Crippen molar-refractivity contribution in [1.82, 2.24) is 4.90 Å². The molecule has 0 aromatic rings. The van der Waals surface area contributed by atoms with Crippen LogP contribution in [0.5, 0.6) is 0 Å². The SMILES string of the molecule is CCC(CC)N(C)C1CCCCCCCCCCC1N. The first-order valence-corrected chi connectivity index (χ1v) is 9.18. The van der Waals surface area contributed by atoms with Gasteiger partial charge in [0.2, 0.25) is 0 Å². The van der Waals surface area contributed by atoms with Crippen LogP contribution in [0.15, 0.2) is 0 Å². The van der Waals surface area contributed by atoms with E-state index < -0.39 is 0 Å². The Hall–Kier alpha value is -0.0800. The summed E-state index contributed by atoms with van der Waals surface area (Å²) in [4.78, 5) is 2.61. The fraction of sp³-hybridized carbons (Fsp3) is 1.00. The zero-order valence-corrected chi connectivity index (χ0v) is 14.2. The summed E-state index contributed by atoms with van der Waals surface area (Å²) >= 11 is 0. The molecule has 2 atom stereocenters. The lowest BCUT2D eigenvalue weighted by Gasteiger charge is -2.38. The van der Waals surface area contributed by atoms with Crippen molar-refractivity contribution in [2.24, 2.45) is 5.73 Å². The quantitative estimate of drug-likeness (QED) is 0.808. The molecule has 1 rings (SSSR count). The fourth-order valence-corrected chi connectivity index (χ4v) is 3.84. The maximum atomic E-state index is 6.57. The maximum absolute atomic E-state index is 6.57. The third-order valence-electron chi connectivity index (χ3n) is 5.32. The highest BCUT2D eigenvalue weighted by Crippen LogP contribution is 2.22. The highest BCUT2D eigenvalue weighted by atomic mass is 15.2. The van der Waals surface area contributed by atoms with E-state index in [0.29, 0.717) is 18.1 Å². The molecule has 1 fully saturated rings. The van der Waals surface area contributed by atoms with Crippen molar-refractivity contribution in [3.63, 3.8) is 0 Å². The molecule has 0 saturated heterocycles. The molecule has 2 heteroatoms. The van der Waals surface area contributed by atoms with Crippen molar-refractivity contribution in [3.05, 3.63) is 0 Å². The minimum absolute atomic E-state index is 0.375. The lowest BCUT2D eigenvalue weighted by molar-refractivity contribution is 0.127. The summed E-state index contributed by atoms with van der Waals surface area (Å²) in [7, 11) is 2.31. The summed E-state index contributed by atoms with van der Waals surface area (Å²) in [6.07, 6.45) is 16.2. The van der Waals surface area contributed by atoms with Crippen LogP contribution in [0.25, 0.3) is 0 Å². The Morgan fingerprint density at radius 1 is 0.850 bits per heavy atom. The van der Waals surface area contributed by atoms with Gasteiger partial charge < -0.3 is 5.73 Å². The van der Waals surface area contributed by atoms with Gasteiger partial charge in [0, 0.05) is 18.1 Å². The van der Waals surface area contributed by atoms with Crippen molar-refractivity contribution in [2.45, 2.75) is 109 Å². The van der Waals surface area contributed by atoms with Crippen LogP contribution in [0.4, 0.5) is 0 Å². The lowest BCUT2D eigenvalue weighted by Crippen LogP contribution is -2.50. The van der Waals surface area contributed by atoms with Crippen LogP contribution in [0, 0.1) is 0 Å². The average molecular weight is 283 g/mol. The highest BCUT2D eigenvalue weighted by Gasteiger charge is 2.25. The van der Waals surface area contributed by atoms with Gasteiger partial charge in [0.25, 0.3) is 0 Å². The molecule has 2 unspecified atom stereocenters. The minimum atomic E-state index is 0.375. The maximum Gasteiger partial charge on any atom is 0.0247 e. The Labute approximate surface area is 127 Å². The van der Waals surface area contributed by atoms with Gasteiger partial charge >= 0.3 is 0 Å². The molecule has 120 valence electrons. The van der Waals surface area contributed by atoms with Crippen LogP contribution in [-0.4, -0.2) is 30.1 Å². The van der Waals surface area contributed by atoms with E-state index >= 15 is 0 Å². The minimum Gasteiger partial charge on any atom is -0.326 e. The summed E-state index contributed by atoms with van der Waals surface area (Å²) in [5.41, 5.74) is 6.57. The third kappa shape index (κ3) is 6.13. The van der Waals surface area contributed by atoms with Crippen LogP contribution in [0.3, 0.4) is 0 Å². The second-order valence-corrected chi connectivity index (χ2v) is 6.77. The Kier molecular flexibility index (Phi) is 9.54. The van der Waals surface area contributed by atoms with Crippen LogP contribution in [-0.2, 0) is 0 Å². The zero-order chi connectivity index (χ0) is 14.8. The Morgan fingerprint density at radius 2 is 1.30 bits per heavy atom. The Morgan fingerprint density at radius 3 is 1.80 bits per heavy atom. The van der Waals surface area contributed by atoms with Crippen molar-refractivity contribution in [2.75, 3.05) is 7.05 Å². The van der Waals surface area contributed by atoms with Gasteiger partial charge in [0.1, 0.15) is 0 Å². The molecule has 1 aliphatic rings. The summed E-state index contributed by atoms with van der Waals surface area (Å²) in [5.74, 6) is 0. The first kappa shape index (κ1) is 18.0. The zero-order valence-electron chi connectivity index (χ0n) is 14.2. The second-order valence-electron chi connectivity index (χ2n) is 6.77. The molecule has 0 bridgehead atoms. The van der Waals surface area contributed by atoms with E-state index in [1.165, 1.54) is 77.0 Å². The van der Waals surface area contributed by atoms with Gasteiger partial charge in [-0.05, 0) is 32.7 Å². The summed E-state index contributed by atoms with van der Waals surface area (Å²) in [5, 5.41) is 0. The summed E-state index contributed by atoms with van der Waals surface area (Å²) < 4.78 is 0. The highest BCUT2D eigenvalue weighted by molar-refractivity contribution is 4.84.